The van der Waals surface area contributed by atoms with Gasteiger partial charge in [0.2, 0.25) is 5.88 Å². The second kappa shape index (κ2) is 13.6. The summed E-state index contributed by atoms with van der Waals surface area (Å²) in [7, 11) is 0. The van der Waals surface area contributed by atoms with Crippen molar-refractivity contribution >= 4 is 11.5 Å². The van der Waals surface area contributed by atoms with Gasteiger partial charge in [0.1, 0.15) is 12.4 Å². The molecular weight excluding hydrogens is 350 g/mol. The highest BCUT2D eigenvalue weighted by molar-refractivity contribution is 5.55. The van der Waals surface area contributed by atoms with Gasteiger partial charge in [-0.25, -0.2) is 0 Å². The van der Waals surface area contributed by atoms with Gasteiger partial charge in [-0.3, -0.25) is 4.90 Å². The molecule has 1 saturated heterocycles. The van der Waals surface area contributed by atoms with Gasteiger partial charge in [-0.15, -0.1) is 0 Å². The molecular formula is C22H43N5O. The first-order valence-electron chi connectivity index (χ1n) is 11.2. The average molecular weight is 394 g/mol. The van der Waals surface area contributed by atoms with Crippen molar-refractivity contribution in [1.82, 2.24) is 14.8 Å². The van der Waals surface area contributed by atoms with Gasteiger partial charge in [-0.05, 0) is 26.3 Å². The third kappa shape index (κ3) is 7.84. The molecule has 1 aliphatic rings. The van der Waals surface area contributed by atoms with Crippen LogP contribution in [0.1, 0.15) is 54.4 Å². The molecule has 0 aliphatic carbocycles. The summed E-state index contributed by atoms with van der Waals surface area (Å²) >= 11 is 0. The number of hydrogen-bond donors (Lipinski definition) is 1. The number of piperazine rings is 1. The van der Waals surface area contributed by atoms with Gasteiger partial charge in [0.25, 0.3) is 0 Å². The molecule has 1 atom stereocenters. The van der Waals surface area contributed by atoms with Gasteiger partial charge in [0.05, 0.1) is 0 Å². The van der Waals surface area contributed by atoms with Crippen LogP contribution in [0, 0.1) is 0 Å². The van der Waals surface area contributed by atoms with E-state index in [2.05, 4.69) is 47.4 Å². The molecule has 2 N–H and O–H groups in total. The van der Waals surface area contributed by atoms with E-state index >= 15 is 0 Å². The van der Waals surface area contributed by atoms with Crippen molar-refractivity contribution in [2.75, 3.05) is 63.1 Å². The summed E-state index contributed by atoms with van der Waals surface area (Å²) in [4.78, 5) is 11.7. The summed E-state index contributed by atoms with van der Waals surface area (Å²) in [5.41, 5.74) is 7.14. The van der Waals surface area contributed by atoms with Crippen LogP contribution in [0.15, 0.2) is 12.1 Å². The maximum Gasteiger partial charge on any atom is 0.217 e. The van der Waals surface area contributed by atoms with Crippen molar-refractivity contribution in [2.24, 2.45) is 0 Å². The summed E-state index contributed by atoms with van der Waals surface area (Å²) < 4.78 is 5.97. The van der Waals surface area contributed by atoms with Crippen LogP contribution in [-0.2, 0) is 0 Å². The van der Waals surface area contributed by atoms with Crippen LogP contribution in [0.3, 0.4) is 0 Å². The van der Waals surface area contributed by atoms with Crippen LogP contribution in [0.2, 0.25) is 0 Å². The van der Waals surface area contributed by atoms with Crippen molar-refractivity contribution in [3.8, 4) is 5.88 Å². The summed E-state index contributed by atoms with van der Waals surface area (Å²) in [6, 6.07) is 4.55. The number of nitrogens with two attached hydrogens (primary N) is 1. The van der Waals surface area contributed by atoms with Crippen molar-refractivity contribution in [3.63, 3.8) is 0 Å². The number of anilines is 2. The molecule has 2 rings (SSSR count). The third-order valence-corrected chi connectivity index (χ3v) is 5.08. The van der Waals surface area contributed by atoms with Crippen LogP contribution >= 0.6 is 0 Å². The fourth-order valence-corrected chi connectivity index (χ4v) is 3.64. The Morgan fingerprint density at radius 2 is 1.82 bits per heavy atom. The van der Waals surface area contributed by atoms with Gasteiger partial charge < -0.3 is 20.3 Å². The maximum atomic E-state index is 6.02. The molecule has 1 aliphatic heterocycles. The maximum absolute atomic E-state index is 6.02. The first kappa shape index (κ1) is 24.5. The first-order valence-corrected chi connectivity index (χ1v) is 11.2. The lowest BCUT2D eigenvalue weighted by molar-refractivity contribution is 0.0743. The fourth-order valence-electron chi connectivity index (χ4n) is 3.64. The Bertz CT molecular complexity index is 534. The lowest BCUT2D eigenvalue weighted by Crippen LogP contribution is -2.52. The zero-order chi connectivity index (χ0) is 20.9. The topological polar surface area (TPSA) is 57.9 Å². The molecule has 28 heavy (non-hydrogen) atoms. The Hall–Kier alpha value is -1.53. The molecule has 6 nitrogen and oxygen atoms in total. The molecule has 0 saturated carbocycles. The highest BCUT2D eigenvalue weighted by Gasteiger charge is 2.22. The van der Waals surface area contributed by atoms with E-state index in [4.69, 9.17) is 10.5 Å². The molecule has 0 spiro atoms. The third-order valence-electron chi connectivity index (χ3n) is 5.08. The standard InChI is InChI=1S/C20H37N5O.C2H6/c1-5-8-25(9-6-2)18-14-19(21)22-20(15-18)26-13-12-24-11-10-23(7-3)16-17(24)4;1-2/h14-15,17H,5-13,16H2,1-4H3,(H2,21,22);1-2H3. The number of likely N-dealkylation sites (N-methyl/N-ethyl adjacent to an activating group) is 1. The van der Waals surface area contributed by atoms with Crippen LogP contribution in [0.5, 0.6) is 5.88 Å². The molecule has 1 aromatic rings. The summed E-state index contributed by atoms with van der Waals surface area (Å²) in [6.07, 6.45) is 2.22. The minimum atomic E-state index is 0.527. The van der Waals surface area contributed by atoms with Crippen LogP contribution in [0.25, 0.3) is 0 Å². The quantitative estimate of drug-likeness (QED) is 0.654. The molecule has 162 valence electrons. The second-order valence-electron chi connectivity index (χ2n) is 7.20. The molecule has 2 heterocycles. The van der Waals surface area contributed by atoms with Gasteiger partial charge in [-0.1, -0.05) is 34.6 Å². The highest BCUT2D eigenvalue weighted by Crippen LogP contribution is 2.23. The normalized spacial score (nSPS) is 17.7. The minimum Gasteiger partial charge on any atom is -0.476 e. The van der Waals surface area contributed by atoms with Gasteiger partial charge in [0.15, 0.2) is 0 Å². The zero-order valence-electron chi connectivity index (χ0n) is 19.1. The number of nitrogen functional groups attached to an aromatic ring is 1. The second-order valence-corrected chi connectivity index (χ2v) is 7.20. The van der Waals surface area contributed by atoms with Crippen molar-refractivity contribution in [2.45, 2.75) is 60.4 Å². The zero-order valence-corrected chi connectivity index (χ0v) is 19.1. The van der Waals surface area contributed by atoms with E-state index in [-0.39, 0.29) is 0 Å². The Labute approximate surface area is 173 Å². The SMILES string of the molecule is CC.CCCN(CCC)c1cc(N)nc(OCCN2CCN(CC)CC2C)c1. The Morgan fingerprint density at radius 1 is 1.14 bits per heavy atom. The first-order chi connectivity index (χ1) is 13.6. The number of nitrogens with zero attached hydrogens (tertiary/aromatic N) is 4. The Balaban J connectivity index is 0.00000190. The van der Waals surface area contributed by atoms with Gasteiger partial charge in [0, 0.05) is 63.1 Å². The number of rotatable bonds is 10. The lowest BCUT2D eigenvalue weighted by Gasteiger charge is -2.39. The van der Waals surface area contributed by atoms with Gasteiger partial charge in [-0.2, -0.15) is 4.98 Å². The average Bonchev–Trinajstić information content (AvgIpc) is 2.70. The Morgan fingerprint density at radius 3 is 2.39 bits per heavy atom. The van der Waals surface area contributed by atoms with Crippen LogP contribution in [0.4, 0.5) is 11.5 Å². The molecule has 0 bridgehead atoms. The number of aromatic nitrogens is 1. The van der Waals surface area contributed by atoms with E-state index in [0.29, 0.717) is 24.3 Å². The van der Waals surface area contributed by atoms with E-state index in [1.807, 2.05) is 26.0 Å². The largest absolute Gasteiger partial charge is 0.476 e. The predicted octanol–water partition coefficient (Wildman–Crippen LogP) is 3.72. The summed E-state index contributed by atoms with van der Waals surface area (Å²) in [6.45, 7) is 21.1. The number of hydrogen-bond acceptors (Lipinski definition) is 6. The van der Waals surface area contributed by atoms with E-state index in [0.717, 1.165) is 64.3 Å². The number of pyridine rings is 1. The van der Waals surface area contributed by atoms with E-state index in [1.165, 1.54) is 0 Å². The molecule has 1 unspecified atom stereocenters. The van der Waals surface area contributed by atoms with Gasteiger partial charge >= 0.3 is 0 Å². The van der Waals surface area contributed by atoms with Crippen molar-refractivity contribution in [3.05, 3.63) is 12.1 Å². The van der Waals surface area contributed by atoms with Crippen molar-refractivity contribution in [1.29, 1.82) is 0 Å². The molecule has 0 radical (unpaired) electrons. The van der Waals surface area contributed by atoms with Crippen molar-refractivity contribution < 1.29 is 4.74 Å². The monoisotopic (exact) mass is 393 g/mol. The summed E-state index contributed by atoms with van der Waals surface area (Å²) in [5.74, 6) is 1.16. The lowest BCUT2D eigenvalue weighted by atomic mass is 10.2. The van der Waals surface area contributed by atoms with Crippen LogP contribution in [-0.4, -0.2) is 73.2 Å². The minimum absolute atomic E-state index is 0.527. The molecule has 0 aromatic carbocycles. The molecule has 6 heteroatoms. The summed E-state index contributed by atoms with van der Waals surface area (Å²) in [5, 5.41) is 0. The number of ether oxygens (including phenoxy) is 1. The fraction of sp³-hybridized carbons (Fsp3) is 0.773. The highest BCUT2D eigenvalue weighted by atomic mass is 16.5. The molecule has 0 amide bonds. The van der Waals surface area contributed by atoms with Crippen LogP contribution < -0.4 is 15.4 Å². The molecule has 1 aromatic heterocycles. The predicted molar refractivity (Wildman–Crippen MR) is 121 cm³/mol. The smallest absolute Gasteiger partial charge is 0.217 e. The van der Waals surface area contributed by atoms with E-state index in [9.17, 15) is 0 Å². The van der Waals surface area contributed by atoms with E-state index in [1.54, 1.807) is 0 Å². The molecule has 1 fully saturated rings. The Kier molecular flexibility index (Phi) is 11.9. The van der Waals surface area contributed by atoms with E-state index < -0.39 is 0 Å².